The average molecular weight is 410 g/mol. The molecule has 0 bridgehead atoms. The summed E-state index contributed by atoms with van der Waals surface area (Å²) in [6.07, 6.45) is 6.46. The molecule has 7 heteroatoms. The largest absolute Gasteiger partial charge is 0.314 e. The Morgan fingerprint density at radius 3 is 1.88 bits per heavy atom. The molecule has 1 aliphatic heterocycles. The van der Waals surface area contributed by atoms with E-state index in [0.29, 0.717) is 44.1 Å². The van der Waals surface area contributed by atoms with Gasteiger partial charge in [0.05, 0.1) is 0 Å². The molecule has 0 aromatic heterocycles. The Bertz CT molecular complexity index is 475. The fourth-order valence-electron chi connectivity index (χ4n) is 3.26. The second-order valence-electron chi connectivity index (χ2n) is 8.80. The van der Waals surface area contributed by atoms with E-state index in [0.717, 1.165) is 38.1 Å². The molecule has 26 heavy (non-hydrogen) atoms. The van der Waals surface area contributed by atoms with Gasteiger partial charge in [-0.15, -0.1) is 12.4 Å². The van der Waals surface area contributed by atoms with Gasteiger partial charge in [0.25, 0.3) is 10.2 Å². The van der Waals surface area contributed by atoms with E-state index in [1.807, 2.05) is 0 Å². The third-order valence-corrected chi connectivity index (χ3v) is 7.45. The highest BCUT2D eigenvalue weighted by atomic mass is 35.5. The maximum atomic E-state index is 13.1. The van der Waals surface area contributed by atoms with Crippen molar-refractivity contribution in [1.82, 2.24) is 13.9 Å². The third-order valence-electron chi connectivity index (χ3n) is 5.41. The minimum Gasteiger partial charge on any atom is -0.314 e. The zero-order valence-corrected chi connectivity index (χ0v) is 18.7. The van der Waals surface area contributed by atoms with E-state index in [9.17, 15) is 8.42 Å². The maximum Gasteiger partial charge on any atom is 0.281 e. The van der Waals surface area contributed by atoms with E-state index in [1.165, 1.54) is 12.8 Å². The van der Waals surface area contributed by atoms with Gasteiger partial charge in [0.2, 0.25) is 0 Å². The quantitative estimate of drug-likeness (QED) is 0.568. The van der Waals surface area contributed by atoms with Gasteiger partial charge in [-0.2, -0.15) is 17.0 Å². The molecular weight excluding hydrogens is 370 g/mol. The van der Waals surface area contributed by atoms with Crippen LogP contribution in [0.1, 0.15) is 66.2 Å². The Hall–Kier alpha value is 0.120. The number of nitrogens with zero attached hydrogens (tertiary/aromatic N) is 2. The van der Waals surface area contributed by atoms with Crippen LogP contribution < -0.4 is 5.32 Å². The molecule has 1 saturated carbocycles. The summed E-state index contributed by atoms with van der Waals surface area (Å²) in [4.78, 5) is 0. The van der Waals surface area contributed by atoms with E-state index >= 15 is 0 Å². The first-order valence-corrected chi connectivity index (χ1v) is 11.7. The monoisotopic (exact) mass is 409 g/mol. The molecular formula is C19H40ClN3O2S. The minimum atomic E-state index is -3.32. The Balaban J connectivity index is 0.00000338. The van der Waals surface area contributed by atoms with Crippen LogP contribution in [0.4, 0.5) is 0 Å². The van der Waals surface area contributed by atoms with Crippen LogP contribution >= 0.6 is 12.4 Å². The van der Waals surface area contributed by atoms with E-state index < -0.39 is 10.2 Å². The fourth-order valence-corrected chi connectivity index (χ4v) is 4.93. The molecule has 1 heterocycles. The molecule has 0 aromatic rings. The highest BCUT2D eigenvalue weighted by Gasteiger charge is 2.33. The molecule has 1 aliphatic carbocycles. The van der Waals surface area contributed by atoms with Crippen LogP contribution in [0, 0.1) is 17.8 Å². The summed E-state index contributed by atoms with van der Waals surface area (Å²) >= 11 is 0. The second-order valence-corrected chi connectivity index (χ2v) is 10.7. The van der Waals surface area contributed by atoms with E-state index in [4.69, 9.17) is 0 Å². The Morgan fingerprint density at radius 2 is 1.46 bits per heavy atom. The van der Waals surface area contributed by atoms with E-state index in [-0.39, 0.29) is 12.4 Å². The van der Waals surface area contributed by atoms with Gasteiger partial charge < -0.3 is 5.32 Å². The Kier molecular flexibility index (Phi) is 10.4. The van der Waals surface area contributed by atoms with Crippen LogP contribution in [0.2, 0.25) is 0 Å². The van der Waals surface area contributed by atoms with Crippen molar-refractivity contribution in [2.45, 2.75) is 72.3 Å². The summed E-state index contributed by atoms with van der Waals surface area (Å²) in [5, 5.41) is 3.63. The molecule has 2 aliphatic rings. The molecule has 2 rings (SSSR count). The number of halogens is 1. The average Bonchev–Trinajstić information content (AvgIpc) is 3.37. The van der Waals surface area contributed by atoms with Crippen LogP contribution in [0.25, 0.3) is 0 Å². The van der Waals surface area contributed by atoms with Crippen LogP contribution in [-0.4, -0.2) is 55.8 Å². The fraction of sp³-hybridized carbons (Fsp3) is 1.00. The molecule has 0 radical (unpaired) electrons. The standard InChI is InChI=1S/C19H39N3O2S.ClH/c1-16(2)7-11-21(12-8-17(3)4)25(23,24)22-13-9-19(10-14-22)20-15-18-5-6-18;/h16-20H,5-15H2,1-4H3;1H. The van der Waals surface area contributed by atoms with Gasteiger partial charge in [-0.05, 0) is 62.8 Å². The molecule has 1 saturated heterocycles. The van der Waals surface area contributed by atoms with Gasteiger partial charge in [-0.25, -0.2) is 0 Å². The van der Waals surface area contributed by atoms with Crippen molar-refractivity contribution >= 4 is 22.6 Å². The van der Waals surface area contributed by atoms with Crippen molar-refractivity contribution in [2.75, 3.05) is 32.7 Å². The predicted octanol–water partition coefficient (Wildman–Crippen LogP) is 3.51. The van der Waals surface area contributed by atoms with Crippen LogP contribution in [0.15, 0.2) is 0 Å². The first-order valence-electron chi connectivity index (χ1n) is 10.3. The summed E-state index contributed by atoms with van der Waals surface area (Å²) in [5.41, 5.74) is 0. The zero-order chi connectivity index (χ0) is 18.4. The Labute approximate surface area is 167 Å². The van der Waals surface area contributed by atoms with Crippen molar-refractivity contribution in [3.63, 3.8) is 0 Å². The normalized spacial score (nSPS) is 20.1. The smallest absolute Gasteiger partial charge is 0.281 e. The topological polar surface area (TPSA) is 52.7 Å². The van der Waals surface area contributed by atoms with Gasteiger partial charge in [-0.3, -0.25) is 0 Å². The highest BCUT2D eigenvalue weighted by Crippen LogP contribution is 2.28. The molecule has 0 amide bonds. The highest BCUT2D eigenvalue weighted by molar-refractivity contribution is 7.86. The van der Waals surface area contributed by atoms with E-state index in [1.54, 1.807) is 8.61 Å². The van der Waals surface area contributed by atoms with Crippen molar-refractivity contribution < 1.29 is 8.42 Å². The minimum absolute atomic E-state index is 0. The van der Waals surface area contributed by atoms with Gasteiger partial charge in [0.15, 0.2) is 0 Å². The number of hydrogen-bond acceptors (Lipinski definition) is 3. The first-order chi connectivity index (χ1) is 11.8. The summed E-state index contributed by atoms with van der Waals surface area (Å²) in [7, 11) is -3.32. The van der Waals surface area contributed by atoms with Crippen LogP contribution in [0.5, 0.6) is 0 Å². The zero-order valence-electron chi connectivity index (χ0n) is 17.1. The lowest BCUT2D eigenvalue weighted by atomic mass is 10.1. The predicted molar refractivity (Wildman–Crippen MR) is 112 cm³/mol. The number of nitrogens with one attached hydrogen (secondary N) is 1. The number of rotatable bonds is 11. The van der Waals surface area contributed by atoms with Crippen molar-refractivity contribution in [2.24, 2.45) is 17.8 Å². The lowest BCUT2D eigenvalue weighted by Gasteiger charge is -2.35. The third kappa shape index (κ3) is 8.01. The summed E-state index contributed by atoms with van der Waals surface area (Å²) < 4.78 is 29.7. The van der Waals surface area contributed by atoms with Crippen molar-refractivity contribution in [3.05, 3.63) is 0 Å². The summed E-state index contributed by atoms with van der Waals surface area (Å²) in [6, 6.07) is 0.492. The molecule has 156 valence electrons. The van der Waals surface area contributed by atoms with Gasteiger partial charge in [-0.1, -0.05) is 27.7 Å². The van der Waals surface area contributed by atoms with Gasteiger partial charge >= 0.3 is 0 Å². The van der Waals surface area contributed by atoms with Crippen LogP contribution in [-0.2, 0) is 10.2 Å². The van der Waals surface area contributed by atoms with Gasteiger partial charge in [0.1, 0.15) is 0 Å². The molecule has 0 spiro atoms. The molecule has 0 atom stereocenters. The summed E-state index contributed by atoms with van der Waals surface area (Å²) in [6.45, 7) is 12.4. The summed E-state index contributed by atoms with van der Waals surface area (Å²) in [5.74, 6) is 1.92. The molecule has 2 fully saturated rings. The molecule has 0 aromatic carbocycles. The van der Waals surface area contributed by atoms with Crippen LogP contribution in [0.3, 0.4) is 0 Å². The molecule has 1 N–H and O–H groups in total. The maximum absolute atomic E-state index is 13.1. The second kappa shape index (κ2) is 11.2. The molecule has 0 unspecified atom stereocenters. The lowest BCUT2D eigenvalue weighted by molar-refractivity contribution is 0.259. The van der Waals surface area contributed by atoms with E-state index in [2.05, 4.69) is 33.0 Å². The number of piperidine rings is 1. The Morgan fingerprint density at radius 1 is 0.962 bits per heavy atom. The number of hydrogen-bond donors (Lipinski definition) is 1. The SMILES string of the molecule is CC(C)CCN(CCC(C)C)S(=O)(=O)N1CCC(NCC2CC2)CC1.Cl. The first kappa shape index (κ1) is 24.2. The van der Waals surface area contributed by atoms with Gasteiger partial charge in [0, 0.05) is 32.2 Å². The van der Waals surface area contributed by atoms with Crippen molar-refractivity contribution in [1.29, 1.82) is 0 Å². The lowest BCUT2D eigenvalue weighted by Crippen LogP contribution is -2.50. The van der Waals surface area contributed by atoms with Crippen molar-refractivity contribution in [3.8, 4) is 0 Å². The molecule has 5 nitrogen and oxygen atoms in total.